The molecule has 2 nitrogen and oxygen atoms in total. The van der Waals surface area contributed by atoms with E-state index in [1.165, 1.54) is 16.5 Å². The summed E-state index contributed by atoms with van der Waals surface area (Å²) < 4.78 is 0. The van der Waals surface area contributed by atoms with Crippen molar-refractivity contribution < 1.29 is 0 Å². The molecule has 1 heterocycles. The molecule has 2 aromatic rings. The van der Waals surface area contributed by atoms with Crippen LogP contribution in [0.4, 0.5) is 0 Å². The minimum absolute atomic E-state index is 0.558. The molecule has 90 valence electrons. The Morgan fingerprint density at radius 1 is 1.24 bits per heavy atom. The lowest BCUT2D eigenvalue weighted by atomic mass is 9.98. The number of aromatic nitrogens is 1. The van der Waals surface area contributed by atoms with Crippen LogP contribution in [0.1, 0.15) is 36.6 Å². The number of pyridine rings is 1. The zero-order valence-electron chi connectivity index (χ0n) is 11.0. The van der Waals surface area contributed by atoms with Gasteiger partial charge in [0.1, 0.15) is 0 Å². The van der Waals surface area contributed by atoms with Crippen LogP contribution in [-0.4, -0.2) is 12.0 Å². The molecular formula is C15H20N2. The van der Waals surface area contributed by atoms with Gasteiger partial charge in [-0.05, 0) is 49.2 Å². The first kappa shape index (κ1) is 12.1. The summed E-state index contributed by atoms with van der Waals surface area (Å²) >= 11 is 0. The first-order valence-electron chi connectivity index (χ1n) is 6.16. The Labute approximate surface area is 103 Å². The third-order valence-electron chi connectivity index (χ3n) is 3.08. The summed E-state index contributed by atoms with van der Waals surface area (Å²) in [6, 6.07) is 8.77. The van der Waals surface area contributed by atoms with Gasteiger partial charge in [0.05, 0.1) is 5.52 Å². The van der Waals surface area contributed by atoms with Gasteiger partial charge in [-0.2, -0.15) is 0 Å². The Hall–Kier alpha value is -1.41. The maximum Gasteiger partial charge on any atom is 0.0708 e. The SMILES string of the molecule is CNCc1cc(C)nc2ccc(C(C)C)cc12. The fourth-order valence-corrected chi connectivity index (χ4v) is 2.16. The highest BCUT2D eigenvalue weighted by atomic mass is 14.8. The molecule has 2 rings (SSSR count). The highest BCUT2D eigenvalue weighted by Gasteiger charge is 2.06. The summed E-state index contributed by atoms with van der Waals surface area (Å²) in [4.78, 5) is 4.59. The summed E-state index contributed by atoms with van der Waals surface area (Å²) in [6.45, 7) is 7.39. The summed E-state index contributed by atoms with van der Waals surface area (Å²) in [5.41, 5.74) is 4.89. The van der Waals surface area contributed by atoms with E-state index in [0.717, 1.165) is 17.8 Å². The predicted octanol–water partition coefficient (Wildman–Crippen LogP) is 3.39. The number of benzene rings is 1. The summed E-state index contributed by atoms with van der Waals surface area (Å²) in [5, 5.41) is 4.50. The minimum atomic E-state index is 0.558. The number of rotatable bonds is 3. The number of hydrogen-bond acceptors (Lipinski definition) is 2. The maximum atomic E-state index is 4.59. The Bertz CT molecular complexity index is 530. The lowest BCUT2D eigenvalue weighted by Gasteiger charge is -2.11. The van der Waals surface area contributed by atoms with Crippen molar-refractivity contribution in [2.24, 2.45) is 0 Å². The van der Waals surface area contributed by atoms with Crippen molar-refractivity contribution >= 4 is 10.9 Å². The Balaban J connectivity index is 2.64. The molecule has 0 saturated carbocycles. The molecule has 17 heavy (non-hydrogen) atoms. The second-order valence-corrected chi connectivity index (χ2v) is 4.88. The predicted molar refractivity (Wildman–Crippen MR) is 73.3 cm³/mol. The Morgan fingerprint density at radius 2 is 2.00 bits per heavy atom. The van der Waals surface area contributed by atoms with E-state index < -0.39 is 0 Å². The number of fused-ring (bicyclic) bond motifs is 1. The maximum absolute atomic E-state index is 4.59. The molecule has 0 aliphatic heterocycles. The molecule has 0 unspecified atom stereocenters. The zero-order valence-corrected chi connectivity index (χ0v) is 11.0. The highest BCUT2D eigenvalue weighted by Crippen LogP contribution is 2.23. The molecule has 0 spiro atoms. The van der Waals surface area contributed by atoms with Gasteiger partial charge in [0.25, 0.3) is 0 Å². The molecule has 0 atom stereocenters. The molecule has 0 aliphatic carbocycles. The largest absolute Gasteiger partial charge is 0.316 e. The third kappa shape index (κ3) is 2.47. The van der Waals surface area contributed by atoms with Crippen LogP contribution in [0, 0.1) is 6.92 Å². The van der Waals surface area contributed by atoms with Crippen molar-refractivity contribution in [1.82, 2.24) is 10.3 Å². The number of hydrogen-bond donors (Lipinski definition) is 1. The first-order chi connectivity index (χ1) is 8.11. The number of nitrogens with one attached hydrogen (secondary N) is 1. The normalized spacial score (nSPS) is 11.4. The summed E-state index contributed by atoms with van der Waals surface area (Å²) in [5.74, 6) is 0.558. The zero-order chi connectivity index (χ0) is 12.4. The van der Waals surface area contributed by atoms with E-state index in [1.807, 2.05) is 7.05 Å². The third-order valence-corrected chi connectivity index (χ3v) is 3.08. The lowest BCUT2D eigenvalue weighted by Crippen LogP contribution is -2.06. The van der Waals surface area contributed by atoms with Crippen LogP contribution in [-0.2, 0) is 6.54 Å². The molecule has 1 aromatic heterocycles. The number of nitrogens with zero attached hydrogens (tertiary/aromatic N) is 1. The molecule has 1 aromatic carbocycles. The molecule has 0 amide bonds. The quantitative estimate of drug-likeness (QED) is 0.871. The van der Waals surface area contributed by atoms with E-state index in [2.05, 4.69) is 55.3 Å². The standard InChI is InChI=1S/C15H20N2/c1-10(2)12-5-6-15-14(8-12)13(9-16-4)7-11(3)17-15/h5-8,10,16H,9H2,1-4H3. The van der Waals surface area contributed by atoms with E-state index in [9.17, 15) is 0 Å². The van der Waals surface area contributed by atoms with Crippen molar-refractivity contribution in [1.29, 1.82) is 0 Å². The Kier molecular flexibility index (Phi) is 3.43. The molecular weight excluding hydrogens is 208 g/mol. The van der Waals surface area contributed by atoms with Gasteiger partial charge in [0.15, 0.2) is 0 Å². The van der Waals surface area contributed by atoms with Crippen LogP contribution in [0.3, 0.4) is 0 Å². The molecule has 0 bridgehead atoms. The van der Waals surface area contributed by atoms with Gasteiger partial charge < -0.3 is 5.32 Å². The topological polar surface area (TPSA) is 24.9 Å². The van der Waals surface area contributed by atoms with Crippen LogP contribution in [0.2, 0.25) is 0 Å². The van der Waals surface area contributed by atoms with Crippen molar-refractivity contribution in [3.05, 3.63) is 41.1 Å². The molecule has 1 N–H and O–H groups in total. The van der Waals surface area contributed by atoms with Gasteiger partial charge in [-0.1, -0.05) is 19.9 Å². The monoisotopic (exact) mass is 228 g/mol. The van der Waals surface area contributed by atoms with E-state index in [4.69, 9.17) is 0 Å². The fraction of sp³-hybridized carbons (Fsp3) is 0.400. The average molecular weight is 228 g/mol. The van der Waals surface area contributed by atoms with Gasteiger partial charge in [-0.15, -0.1) is 0 Å². The lowest BCUT2D eigenvalue weighted by molar-refractivity contribution is 0.820. The number of aryl methyl sites for hydroxylation is 1. The van der Waals surface area contributed by atoms with Crippen molar-refractivity contribution in [2.45, 2.75) is 33.2 Å². The van der Waals surface area contributed by atoms with Gasteiger partial charge >= 0.3 is 0 Å². The van der Waals surface area contributed by atoms with Crippen LogP contribution in [0.25, 0.3) is 10.9 Å². The van der Waals surface area contributed by atoms with Gasteiger partial charge in [0, 0.05) is 17.6 Å². The van der Waals surface area contributed by atoms with Crippen molar-refractivity contribution in [3.8, 4) is 0 Å². The highest BCUT2D eigenvalue weighted by molar-refractivity contribution is 5.83. The molecule has 0 saturated heterocycles. The van der Waals surface area contributed by atoms with Crippen LogP contribution in [0.5, 0.6) is 0 Å². The van der Waals surface area contributed by atoms with E-state index in [-0.39, 0.29) is 0 Å². The van der Waals surface area contributed by atoms with Gasteiger partial charge in [-0.3, -0.25) is 4.98 Å². The Morgan fingerprint density at radius 3 is 2.65 bits per heavy atom. The summed E-state index contributed by atoms with van der Waals surface area (Å²) in [7, 11) is 1.98. The van der Waals surface area contributed by atoms with Crippen LogP contribution >= 0.6 is 0 Å². The fourth-order valence-electron chi connectivity index (χ4n) is 2.16. The summed E-state index contributed by atoms with van der Waals surface area (Å²) in [6.07, 6.45) is 0. The second kappa shape index (κ2) is 4.84. The van der Waals surface area contributed by atoms with Crippen molar-refractivity contribution in [2.75, 3.05) is 7.05 Å². The van der Waals surface area contributed by atoms with Crippen LogP contribution < -0.4 is 5.32 Å². The first-order valence-corrected chi connectivity index (χ1v) is 6.16. The van der Waals surface area contributed by atoms with E-state index in [1.54, 1.807) is 0 Å². The molecule has 0 fully saturated rings. The van der Waals surface area contributed by atoms with Crippen LogP contribution in [0.15, 0.2) is 24.3 Å². The average Bonchev–Trinajstić information content (AvgIpc) is 2.28. The van der Waals surface area contributed by atoms with Gasteiger partial charge in [-0.25, -0.2) is 0 Å². The smallest absolute Gasteiger partial charge is 0.0708 e. The molecule has 0 radical (unpaired) electrons. The van der Waals surface area contributed by atoms with E-state index >= 15 is 0 Å². The van der Waals surface area contributed by atoms with E-state index in [0.29, 0.717) is 5.92 Å². The van der Waals surface area contributed by atoms with Crippen molar-refractivity contribution in [3.63, 3.8) is 0 Å². The second-order valence-electron chi connectivity index (χ2n) is 4.88. The molecule has 0 aliphatic rings. The minimum Gasteiger partial charge on any atom is -0.316 e. The van der Waals surface area contributed by atoms with Gasteiger partial charge in [0.2, 0.25) is 0 Å². The molecule has 2 heteroatoms.